The molecule has 98 valence electrons. The van der Waals surface area contributed by atoms with Crippen LogP contribution in [-0.2, 0) is 17.8 Å². The number of carbonyl (C=O) groups is 1. The maximum absolute atomic E-state index is 13.0. The van der Waals surface area contributed by atoms with E-state index >= 15 is 0 Å². The Kier molecular flexibility index (Phi) is 4.20. The van der Waals surface area contributed by atoms with Crippen LogP contribution in [0, 0.1) is 5.82 Å². The molecule has 0 atom stereocenters. The van der Waals surface area contributed by atoms with E-state index < -0.39 is 0 Å². The van der Waals surface area contributed by atoms with Crippen LogP contribution in [0.15, 0.2) is 42.7 Å². The van der Waals surface area contributed by atoms with Crippen molar-refractivity contribution >= 4 is 11.6 Å². The van der Waals surface area contributed by atoms with Crippen molar-refractivity contribution in [2.75, 3.05) is 5.32 Å². The predicted octanol–water partition coefficient (Wildman–Crippen LogP) is 1.89. The van der Waals surface area contributed by atoms with Gasteiger partial charge in [0, 0.05) is 11.8 Å². The van der Waals surface area contributed by atoms with Crippen LogP contribution in [0.25, 0.3) is 0 Å². The van der Waals surface area contributed by atoms with Crippen LogP contribution in [0.2, 0.25) is 0 Å². The lowest BCUT2D eigenvalue weighted by Gasteiger charge is -2.08. The average molecular weight is 260 g/mol. The van der Waals surface area contributed by atoms with Gasteiger partial charge >= 0.3 is 0 Å². The zero-order valence-corrected chi connectivity index (χ0v) is 10.1. The summed E-state index contributed by atoms with van der Waals surface area (Å²) in [7, 11) is 0. The van der Waals surface area contributed by atoms with Crippen LogP contribution in [0.1, 0.15) is 11.1 Å². The molecular formula is C14H13FN2O2. The van der Waals surface area contributed by atoms with Crippen LogP contribution >= 0.6 is 0 Å². The van der Waals surface area contributed by atoms with Gasteiger partial charge in [0.05, 0.1) is 24.9 Å². The molecule has 1 aromatic carbocycles. The lowest BCUT2D eigenvalue weighted by Crippen LogP contribution is -2.15. The molecule has 19 heavy (non-hydrogen) atoms. The van der Waals surface area contributed by atoms with Crippen molar-refractivity contribution in [3.05, 3.63) is 59.7 Å². The van der Waals surface area contributed by atoms with Gasteiger partial charge in [0.1, 0.15) is 5.82 Å². The number of aliphatic hydroxyl groups excluding tert-OH is 1. The number of hydrogen-bond acceptors (Lipinski definition) is 3. The highest BCUT2D eigenvalue weighted by molar-refractivity contribution is 5.92. The lowest BCUT2D eigenvalue weighted by atomic mass is 10.1. The summed E-state index contributed by atoms with van der Waals surface area (Å²) in [5.74, 6) is -0.656. The Balaban J connectivity index is 2.05. The molecule has 0 fully saturated rings. The predicted molar refractivity (Wildman–Crippen MR) is 68.9 cm³/mol. The highest BCUT2D eigenvalue weighted by atomic mass is 19.1. The molecule has 0 unspecified atom stereocenters. The zero-order valence-electron chi connectivity index (χ0n) is 10.1. The van der Waals surface area contributed by atoms with Crippen molar-refractivity contribution in [1.82, 2.24) is 4.98 Å². The van der Waals surface area contributed by atoms with E-state index in [0.717, 1.165) is 0 Å². The van der Waals surface area contributed by atoms with Crippen LogP contribution < -0.4 is 5.32 Å². The molecular weight excluding hydrogens is 247 g/mol. The number of aliphatic hydroxyl groups is 1. The van der Waals surface area contributed by atoms with Gasteiger partial charge in [0.2, 0.25) is 5.91 Å². The maximum Gasteiger partial charge on any atom is 0.228 e. The molecule has 1 amide bonds. The van der Waals surface area contributed by atoms with Gasteiger partial charge in [0.25, 0.3) is 0 Å². The fraction of sp³-hybridized carbons (Fsp3) is 0.143. The molecule has 2 N–H and O–H groups in total. The molecule has 0 radical (unpaired) electrons. The molecule has 0 spiro atoms. The smallest absolute Gasteiger partial charge is 0.228 e. The van der Waals surface area contributed by atoms with Crippen LogP contribution in [-0.4, -0.2) is 16.0 Å². The summed E-state index contributed by atoms with van der Waals surface area (Å²) < 4.78 is 13.0. The van der Waals surface area contributed by atoms with E-state index in [2.05, 4.69) is 10.3 Å². The number of nitrogens with one attached hydrogen (secondary N) is 1. The second-order valence-corrected chi connectivity index (χ2v) is 4.05. The van der Waals surface area contributed by atoms with Gasteiger partial charge in [-0.2, -0.15) is 0 Å². The Morgan fingerprint density at radius 2 is 2.21 bits per heavy atom. The van der Waals surface area contributed by atoms with Crippen LogP contribution in [0.4, 0.5) is 10.1 Å². The van der Waals surface area contributed by atoms with E-state index in [1.807, 2.05) is 0 Å². The first-order valence-corrected chi connectivity index (χ1v) is 5.77. The van der Waals surface area contributed by atoms with Gasteiger partial charge in [-0.05, 0) is 23.8 Å². The second-order valence-electron chi connectivity index (χ2n) is 4.05. The minimum Gasteiger partial charge on any atom is -0.392 e. The molecule has 1 heterocycles. The molecule has 2 aromatic rings. The van der Waals surface area contributed by atoms with Gasteiger partial charge in [-0.1, -0.05) is 12.1 Å². The van der Waals surface area contributed by atoms with Gasteiger partial charge in [-0.25, -0.2) is 4.39 Å². The van der Waals surface area contributed by atoms with Crippen molar-refractivity contribution in [3.63, 3.8) is 0 Å². The zero-order chi connectivity index (χ0) is 13.7. The average Bonchev–Trinajstić information content (AvgIpc) is 2.39. The first kappa shape index (κ1) is 13.2. The van der Waals surface area contributed by atoms with Crippen molar-refractivity contribution in [2.45, 2.75) is 13.0 Å². The topological polar surface area (TPSA) is 62.2 Å². The van der Waals surface area contributed by atoms with Gasteiger partial charge in [0.15, 0.2) is 0 Å². The largest absolute Gasteiger partial charge is 0.392 e. The highest BCUT2D eigenvalue weighted by Gasteiger charge is 2.07. The van der Waals surface area contributed by atoms with E-state index in [1.165, 1.54) is 24.5 Å². The fourth-order valence-electron chi connectivity index (χ4n) is 1.70. The van der Waals surface area contributed by atoms with Crippen LogP contribution in [0.5, 0.6) is 0 Å². The van der Waals surface area contributed by atoms with Gasteiger partial charge in [-0.15, -0.1) is 0 Å². The van der Waals surface area contributed by atoms with Crippen molar-refractivity contribution < 1.29 is 14.3 Å². The van der Waals surface area contributed by atoms with E-state index in [9.17, 15) is 9.18 Å². The molecule has 0 aliphatic rings. The first-order valence-electron chi connectivity index (χ1n) is 5.77. The number of carbonyl (C=O) groups excluding carboxylic acids is 1. The Morgan fingerprint density at radius 3 is 2.95 bits per heavy atom. The summed E-state index contributed by atoms with van der Waals surface area (Å²) in [5, 5.41) is 11.8. The number of amides is 1. The first-order chi connectivity index (χ1) is 9.19. The maximum atomic E-state index is 13.0. The molecule has 0 bridgehead atoms. The molecule has 0 aliphatic carbocycles. The SMILES string of the molecule is O=C(Cc1cccc(F)c1)Nc1cnccc1CO. The molecule has 4 nitrogen and oxygen atoms in total. The van der Waals surface area contributed by atoms with Gasteiger partial charge in [-0.3, -0.25) is 9.78 Å². The Morgan fingerprint density at radius 1 is 1.37 bits per heavy atom. The minimum absolute atomic E-state index is 0.0670. The third-order valence-corrected chi connectivity index (χ3v) is 2.61. The summed E-state index contributed by atoms with van der Waals surface area (Å²) in [4.78, 5) is 15.7. The van der Waals surface area contributed by atoms with E-state index in [-0.39, 0.29) is 24.8 Å². The number of rotatable bonds is 4. The summed E-state index contributed by atoms with van der Waals surface area (Å²) in [5.41, 5.74) is 1.64. The Bertz CT molecular complexity index is 587. The quantitative estimate of drug-likeness (QED) is 0.882. The normalized spacial score (nSPS) is 10.2. The van der Waals surface area contributed by atoms with Crippen molar-refractivity contribution in [1.29, 1.82) is 0 Å². The number of nitrogens with zero attached hydrogens (tertiary/aromatic N) is 1. The molecule has 1 aromatic heterocycles. The molecule has 0 aliphatic heterocycles. The van der Waals surface area contributed by atoms with Crippen molar-refractivity contribution in [2.24, 2.45) is 0 Å². The lowest BCUT2D eigenvalue weighted by molar-refractivity contribution is -0.115. The monoisotopic (exact) mass is 260 g/mol. The Hall–Kier alpha value is -2.27. The molecule has 2 rings (SSSR count). The number of anilines is 1. The van der Waals surface area contributed by atoms with E-state index in [0.29, 0.717) is 16.8 Å². The van der Waals surface area contributed by atoms with E-state index in [1.54, 1.807) is 18.2 Å². The van der Waals surface area contributed by atoms with E-state index in [4.69, 9.17) is 5.11 Å². The van der Waals surface area contributed by atoms with Crippen molar-refractivity contribution in [3.8, 4) is 0 Å². The summed E-state index contributed by atoms with van der Waals surface area (Å²) >= 11 is 0. The number of halogens is 1. The highest BCUT2D eigenvalue weighted by Crippen LogP contribution is 2.14. The number of aromatic nitrogens is 1. The molecule has 5 heteroatoms. The third-order valence-electron chi connectivity index (χ3n) is 2.61. The summed E-state index contributed by atoms with van der Waals surface area (Å²) in [6.07, 6.45) is 3.07. The summed E-state index contributed by atoms with van der Waals surface area (Å²) in [6.45, 7) is -0.182. The molecule has 0 saturated heterocycles. The number of benzene rings is 1. The fourth-order valence-corrected chi connectivity index (χ4v) is 1.70. The van der Waals surface area contributed by atoms with Crippen LogP contribution in [0.3, 0.4) is 0 Å². The summed E-state index contributed by atoms with van der Waals surface area (Å²) in [6, 6.07) is 7.50. The second kappa shape index (κ2) is 6.06. The third kappa shape index (κ3) is 3.59. The number of pyridine rings is 1. The standard InChI is InChI=1S/C14H13FN2O2/c15-12-3-1-2-10(6-12)7-14(19)17-13-8-16-5-4-11(13)9-18/h1-6,8,18H,7,9H2,(H,17,19). The molecule has 0 saturated carbocycles. The number of hydrogen-bond donors (Lipinski definition) is 2. The minimum atomic E-state index is -0.372. The van der Waals surface area contributed by atoms with Gasteiger partial charge < -0.3 is 10.4 Å². The Labute approximate surface area is 109 Å².